The molecule has 9 heteroatoms. The van der Waals surface area contributed by atoms with E-state index in [1.165, 1.54) is 9.71 Å². The van der Waals surface area contributed by atoms with Crippen molar-refractivity contribution in [2.75, 3.05) is 32.7 Å². The van der Waals surface area contributed by atoms with Gasteiger partial charge >= 0.3 is 0 Å². The van der Waals surface area contributed by atoms with Crippen molar-refractivity contribution in [3.8, 4) is 0 Å². The topological polar surface area (TPSA) is 90.0 Å². The monoisotopic (exact) mass is 392 g/mol. The zero-order valence-corrected chi connectivity index (χ0v) is 16.1. The second-order valence-electron chi connectivity index (χ2n) is 6.75. The zero-order valence-electron chi connectivity index (χ0n) is 15.2. The van der Waals surface area contributed by atoms with Crippen molar-refractivity contribution in [2.45, 2.75) is 19.4 Å². The Hall–Kier alpha value is -2.23. The molecule has 1 N–H and O–H groups in total. The summed E-state index contributed by atoms with van der Waals surface area (Å²) in [5.41, 5.74) is 3.49. The first-order chi connectivity index (χ1) is 12.8. The fourth-order valence-corrected chi connectivity index (χ4v) is 4.32. The molecule has 2 aliphatic rings. The van der Waals surface area contributed by atoms with Crippen LogP contribution in [0, 0.1) is 0 Å². The quantitative estimate of drug-likeness (QED) is 0.776. The van der Waals surface area contributed by atoms with Gasteiger partial charge in [0.25, 0.3) is 0 Å². The van der Waals surface area contributed by atoms with Gasteiger partial charge in [-0.15, -0.1) is 0 Å². The molecule has 27 heavy (non-hydrogen) atoms. The number of hydrogen-bond acceptors (Lipinski definition) is 5. The number of benzene rings is 1. The summed E-state index contributed by atoms with van der Waals surface area (Å²) in [6.45, 7) is 3.19. The first-order valence-corrected chi connectivity index (χ1v) is 10.4. The number of carbonyl (C=O) groups excluding carboxylic acids is 2. The maximum absolute atomic E-state index is 12.5. The molecule has 146 valence electrons. The highest BCUT2D eigenvalue weighted by atomic mass is 32.2. The number of sulfonamides is 1. The van der Waals surface area contributed by atoms with Crippen LogP contribution in [0.5, 0.6) is 0 Å². The summed E-state index contributed by atoms with van der Waals surface area (Å²) in [7, 11) is -3.52. The number of nitrogens with zero attached hydrogens (tertiary/aromatic N) is 3. The Morgan fingerprint density at radius 1 is 1.19 bits per heavy atom. The summed E-state index contributed by atoms with van der Waals surface area (Å²) in [6.07, 6.45) is 1.96. The molecular weight excluding hydrogens is 368 g/mol. The van der Waals surface area contributed by atoms with Crippen LogP contribution in [0.4, 0.5) is 0 Å². The minimum absolute atomic E-state index is 0.0220. The van der Waals surface area contributed by atoms with Crippen LogP contribution in [0.3, 0.4) is 0 Å². The normalized spacial score (nSPS) is 22.3. The Morgan fingerprint density at radius 2 is 1.85 bits per heavy atom. The van der Waals surface area contributed by atoms with Gasteiger partial charge in [-0.05, 0) is 18.6 Å². The van der Waals surface area contributed by atoms with Gasteiger partial charge < -0.3 is 4.90 Å². The van der Waals surface area contributed by atoms with Gasteiger partial charge in [0.2, 0.25) is 21.8 Å². The van der Waals surface area contributed by atoms with Crippen LogP contribution in [0.1, 0.15) is 18.9 Å². The lowest BCUT2D eigenvalue weighted by molar-refractivity contribution is -0.134. The molecule has 8 nitrogen and oxygen atoms in total. The molecule has 2 saturated heterocycles. The minimum atomic E-state index is -3.52. The van der Waals surface area contributed by atoms with Gasteiger partial charge in [0.05, 0.1) is 6.54 Å². The van der Waals surface area contributed by atoms with E-state index in [0.717, 1.165) is 5.56 Å². The van der Waals surface area contributed by atoms with Crippen molar-refractivity contribution in [1.82, 2.24) is 19.6 Å². The van der Waals surface area contributed by atoms with Gasteiger partial charge in [0.1, 0.15) is 0 Å². The van der Waals surface area contributed by atoms with E-state index in [-0.39, 0.29) is 37.5 Å². The maximum Gasteiger partial charge on any atom is 0.238 e. The molecule has 0 bridgehead atoms. The summed E-state index contributed by atoms with van der Waals surface area (Å²) in [4.78, 5) is 25.4. The Bertz CT molecular complexity index is 817. The molecule has 0 aromatic heterocycles. The molecule has 1 atom stereocenters. The molecule has 1 aromatic carbocycles. The zero-order chi connectivity index (χ0) is 19.4. The average Bonchev–Trinajstić information content (AvgIpc) is 2.98. The number of carbonyl (C=O) groups is 2. The van der Waals surface area contributed by atoms with E-state index in [2.05, 4.69) is 5.43 Å². The molecule has 0 spiro atoms. The van der Waals surface area contributed by atoms with E-state index in [1.54, 1.807) is 16.0 Å². The molecule has 2 heterocycles. The summed E-state index contributed by atoms with van der Waals surface area (Å²) in [6, 6.07) is 9.21. The largest absolute Gasteiger partial charge is 0.339 e. The molecule has 2 amide bonds. The lowest BCUT2D eigenvalue weighted by Gasteiger charge is -2.34. The Labute approximate surface area is 159 Å². The number of piperazine rings is 1. The first kappa shape index (κ1) is 19.5. The van der Waals surface area contributed by atoms with Crippen molar-refractivity contribution in [2.24, 2.45) is 0 Å². The smallest absolute Gasteiger partial charge is 0.238 e. The van der Waals surface area contributed by atoms with Crippen LogP contribution >= 0.6 is 0 Å². The van der Waals surface area contributed by atoms with Crippen LogP contribution in [-0.2, 0) is 19.6 Å². The first-order valence-electron chi connectivity index (χ1n) is 8.92. The number of nitrogens with one attached hydrogen (secondary N) is 1. The highest BCUT2D eigenvalue weighted by Gasteiger charge is 2.32. The minimum Gasteiger partial charge on any atom is -0.339 e. The van der Waals surface area contributed by atoms with Gasteiger partial charge in [-0.2, -0.15) is 4.31 Å². The van der Waals surface area contributed by atoms with E-state index < -0.39 is 10.0 Å². The predicted molar refractivity (Wildman–Crippen MR) is 101 cm³/mol. The second-order valence-corrected chi connectivity index (χ2v) is 8.57. The van der Waals surface area contributed by atoms with E-state index >= 15 is 0 Å². The van der Waals surface area contributed by atoms with E-state index in [1.807, 2.05) is 37.3 Å². The standard InChI is InChI=1S/C18H24N4O4S/c1-15-13-17(23)19-22(15)14-18(24)20-8-10-21(11-9-20)27(25,26)12-7-16-5-3-2-4-6-16/h2-7,12,15H,8-11,13-14H2,1H3,(H,19,23)/b12-7+. The third-order valence-corrected chi connectivity index (χ3v) is 6.33. The second kappa shape index (κ2) is 8.20. The van der Waals surface area contributed by atoms with E-state index in [4.69, 9.17) is 0 Å². The molecular formula is C18H24N4O4S. The molecule has 0 radical (unpaired) electrons. The molecule has 1 aromatic rings. The fraction of sp³-hybridized carbons (Fsp3) is 0.444. The summed E-state index contributed by atoms with van der Waals surface area (Å²) >= 11 is 0. The van der Waals surface area contributed by atoms with Crippen LogP contribution in [0.2, 0.25) is 0 Å². The Morgan fingerprint density at radius 3 is 2.44 bits per heavy atom. The predicted octanol–water partition coefficient (Wildman–Crippen LogP) is 0.257. The van der Waals surface area contributed by atoms with Crippen molar-refractivity contribution >= 4 is 27.9 Å². The molecule has 0 aliphatic carbocycles. The van der Waals surface area contributed by atoms with Gasteiger partial charge in [-0.3, -0.25) is 15.0 Å². The Kier molecular flexibility index (Phi) is 5.93. The van der Waals surface area contributed by atoms with Crippen molar-refractivity contribution in [3.63, 3.8) is 0 Å². The molecule has 2 aliphatic heterocycles. The maximum atomic E-state index is 12.5. The van der Waals surface area contributed by atoms with Crippen molar-refractivity contribution in [3.05, 3.63) is 41.3 Å². The van der Waals surface area contributed by atoms with Crippen molar-refractivity contribution < 1.29 is 18.0 Å². The van der Waals surface area contributed by atoms with Crippen LogP contribution in [0.25, 0.3) is 6.08 Å². The third kappa shape index (κ3) is 4.94. The fourth-order valence-electron chi connectivity index (χ4n) is 3.14. The van der Waals surface area contributed by atoms with Crippen LogP contribution < -0.4 is 5.43 Å². The number of rotatable bonds is 5. The summed E-state index contributed by atoms with van der Waals surface area (Å²) < 4.78 is 26.3. The number of amides is 2. The molecule has 1 unspecified atom stereocenters. The number of hydrazine groups is 1. The van der Waals surface area contributed by atoms with Crippen LogP contribution in [0.15, 0.2) is 35.7 Å². The van der Waals surface area contributed by atoms with E-state index in [9.17, 15) is 18.0 Å². The SMILES string of the molecule is CC1CC(=O)NN1CC(=O)N1CCN(S(=O)(=O)/C=C/c2ccccc2)CC1. The highest BCUT2D eigenvalue weighted by molar-refractivity contribution is 7.92. The molecule has 0 saturated carbocycles. The highest BCUT2D eigenvalue weighted by Crippen LogP contribution is 2.13. The molecule has 3 rings (SSSR count). The van der Waals surface area contributed by atoms with Crippen molar-refractivity contribution in [1.29, 1.82) is 0 Å². The van der Waals surface area contributed by atoms with Gasteiger partial charge in [-0.1, -0.05) is 30.3 Å². The lowest BCUT2D eigenvalue weighted by atomic mass is 10.2. The number of hydrogen-bond donors (Lipinski definition) is 1. The molecule has 2 fully saturated rings. The van der Waals surface area contributed by atoms with Gasteiger partial charge in [0.15, 0.2) is 0 Å². The third-order valence-electron chi connectivity index (χ3n) is 4.77. The summed E-state index contributed by atoms with van der Waals surface area (Å²) in [5, 5.41) is 2.84. The Balaban J connectivity index is 1.52. The van der Waals surface area contributed by atoms with E-state index in [0.29, 0.717) is 19.5 Å². The summed E-state index contributed by atoms with van der Waals surface area (Å²) in [5.74, 6) is -0.197. The lowest BCUT2D eigenvalue weighted by Crippen LogP contribution is -2.53. The van der Waals surface area contributed by atoms with Crippen LogP contribution in [-0.4, -0.2) is 73.2 Å². The average molecular weight is 392 g/mol. The van der Waals surface area contributed by atoms with Gasteiger partial charge in [0, 0.05) is 44.0 Å². The van der Waals surface area contributed by atoms with Gasteiger partial charge in [-0.25, -0.2) is 13.4 Å².